The van der Waals surface area contributed by atoms with Crippen molar-refractivity contribution in [3.8, 4) is 5.75 Å². The van der Waals surface area contributed by atoms with E-state index in [1.165, 1.54) is 0 Å². The zero-order valence-corrected chi connectivity index (χ0v) is 14.8. The van der Waals surface area contributed by atoms with Crippen LogP contribution in [-0.2, 0) is 4.79 Å². The van der Waals surface area contributed by atoms with Gasteiger partial charge in [0.05, 0.1) is 7.11 Å². The Balaban J connectivity index is 1.96. The molecular formula is C21H21NO3. The largest absolute Gasteiger partial charge is 0.496 e. The summed E-state index contributed by atoms with van der Waals surface area (Å²) in [5.74, 6) is 1.39. The van der Waals surface area contributed by atoms with Gasteiger partial charge in [0, 0.05) is 28.8 Å². The quantitative estimate of drug-likeness (QED) is 0.675. The lowest BCUT2D eigenvalue weighted by atomic mass is 10.0. The summed E-state index contributed by atoms with van der Waals surface area (Å²) in [4.78, 5) is 12.3. The predicted octanol–water partition coefficient (Wildman–Crippen LogP) is 5.10. The summed E-state index contributed by atoms with van der Waals surface area (Å²) in [5, 5.41) is 3.89. The first kappa shape index (κ1) is 16.8. The number of anilines is 1. The zero-order chi connectivity index (χ0) is 18.0. The molecule has 0 unspecified atom stereocenters. The van der Waals surface area contributed by atoms with E-state index < -0.39 is 0 Å². The van der Waals surface area contributed by atoms with Crippen molar-refractivity contribution in [1.82, 2.24) is 0 Å². The number of furan rings is 1. The van der Waals surface area contributed by atoms with E-state index in [4.69, 9.17) is 9.15 Å². The number of para-hydroxylation sites is 1. The number of carbonyl (C=O) groups excluding carboxylic acids is 1. The van der Waals surface area contributed by atoms with E-state index in [0.717, 1.165) is 39.1 Å². The molecule has 0 fully saturated rings. The lowest BCUT2D eigenvalue weighted by Crippen LogP contribution is -2.08. The third kappa shape index (κ3) is 3.43. The maximum Gasteiger partial charge on any atom is 0.248 e. The van der Waals surface area contributed by atoms with Crippen LogP contribution in [0.5, 0.6) is 5.75 Å². The molecule has 1 N–H and O–H groups in total. The molecule has 1 aromatic heterocycles. The summed E-state index contributed by atoms with van der Waals surface area (Å²) >= 11 is 0. The second-order valence-electron chi connectivity index (χ2n) is 6.01. The fourth-order valence-corrected chi connectivity index (χ4v) is 2.82. The van der Waals surface area contributed by atoms with Gasteiger partial charge in [0.2, 0.25) is 5.91 Å². The Bertz CT molecular complexity index is 952. The summed E-state index contributed by atoms with van der Waals surface area (Å²) in [5.41, 5.74) is 4.35. The van der Waals surface area contributed by atoms with Crippen LogP contribution in [0.3, 0.4) is 0 Å². The van der Waals surface area contributed by atoms with Gasteiger partial charge in [-0.2, -0.15) is 0 Å². The van der Waals surface area contributed by atoms with Crippen molar-refractivity contribution in [2.24, 2.45) is 0 Å². The van der Waals surface area contributed by atoms with E-state index in [1.54, 1.807) is 13.2 Å². The molecule has 25 heavy (non-hydrogen) atoms. The van der Waals surface area contributed by atoms with Gasteiger partial charge < -0.3 is 14.5 Å². The molecule has 0 bridgehead atoms. The Morgan fingerprint density at radius 1 is 1.16 bits per heavy atom. The predicted molar refractivity (Wildman–Crippen MR) is 101 cm³/mol. The van der Waals surface area contributed by atoms with Crippen molar-refractivity contribution in [1.29, 1.82) is 0 Å². The Hall–Kier alpha value is -3.01. The number of carbonyl (C=O) groups is 1. The first-order valence-electron chi connectivity index (χ1n) is 8.12. The van der Waals surface area contributed by atoms with Crippen LogP contribution in [0, 0.1) is 13.8 Å². The zero-order valence-electron chi connectivity index (χ0n) is 14.8. The Kier molecular flexibility index (Phi) is 4.61. The van der Waals surface area contributed by atoms with Crippen LogP contribution in [0.15, 0.2) is 53.0 Å². The molecule has 0 aliphatic carbocycles. The number of amides is 1. The number of fused-ring (bicyclic) bond motifs is 1. The van der Waals surface area contributed by atoms with E-state index in [-0.39, 0.29) is 5.91 Å². The van der Waals surface area contributed by atoms with Crippen LogP contribution >= 0.6 is 0 Å². The van der Waals surface area contributed by atoms with Gasteiger partial charge in [0.1, 0.15) is 17.1 Å². The average molecular weight is 335 g/mol. The number of methoxy groups -OCH3 is 1. The van der Waals surface area contributed by atoms with Crippen molar-refractivity contribution in [2.45, 2.75) is 20.8 Å². The number of benzene rings is 2. The first-order valence-corrected chi connectivity index (χ1v) is 8.12. The molecule has 2 aromatic carbocycles. The summed E-state index contributed by atoms with van der Waals surface area (Å²) < 4.78 is 11.2. The highest BCUT2D eigenvalue weighted by Gasteiger charge is 2.14. The van der Waals surface area contributed by atoms with Crippen LogP contribution in [-0.4, -0.2) is 13.0 Å². The minimum absolute atomic E-state index is 0.175. The maximum absolute atomic E-state index is 12.3. The van der Waals surface area contributed by atoms with Crippen molar-refractivity contribution in [3.63, 3.8) is 0 Å². The molecule has 0 radical (unpaired) electrons. The molecule has 4 heteroatoms. The van der Waals surface area contributed by atoms with Crippen molar-refractivity contribution < 1.29 is 13.9 Å². The number of aryl methyl sites for hydroxylation is 2. The topological polar surface area (TPSA) is 51.5 Å². The van der Waals surface area contributed by atoms with Gasteiger partial charge in [-0.15, -0.1) is 0 Å². The molecule has 1 heterocycles. The number of nitrogens with one attached hydrogen (secondary N) is 1. The fraction of sp³-hybridized carbons (Fsp3) is 0.190. The highest BCUT2D eigenvalue weighted by molar-refractivity contribution is 6.04. The van der Waals surface area contributed by atoms with E-state index in [9.17, 15) is 4.79 Å². The monoisotopic (exact) mass is 335 g/mol. The first-order chi connectivity index (χ1) is 12.0. The van der Waals surface area contributed by atoms with Gasteiger partial charge in [0.15, 0.2) is 0 Å². The SMILES string of the molecule is COc1cc2oc(C)c(C)c2cc1/C(C)=C/C(=O)Nc1ccccc1. The normalized spacial score (nSPS) is 11.6. The molecule has 0 spiro atoms. The summed E-state index contributed by atoms with van der Waals surface area (Å²) in [6, 6.07) is 13.3. The lowest BCUT2D eigenvalue weighted by Gasteiger charge is -2.10. The second-order valence-corrected chi connectivity index (χ2v) is 6.01. The van der Waals surface area contributed by atoms with Crippen molar-refractivity contribution >= 4 is 28.1 Å². The van der Waals surface area contributed by atoms with Crippen LogP contribution in [0.4, 0.5) is 5.69 Å². The fourth-order valence-electron chi connectivity index (χ4n) is 2.82. The summed E-state index contributed by atoms with van der Waals surface area (Å²) in [6.07, 6.45) is 1.58. The minimum atomic E-state index is -0.175. The molecule has 0 aliphatic rings. The number of hydrogen-bond donors (Lipinski definition) is 1. The van der Waals surface area contributed by atoms with Gasteiger partial charge in [0.25, 0.3) is 0 Å². The lowest BCUT2D eigenvalue weighted by molar-refractivity contribution is -0.111. The highest BCUT2D eigenvalue weighted by atomic mass is 16.5. The number of ether oxygens (including phenoxy) is 1. The Morgan fingerprint density at radius 2 is 1.88 bits per heavy atom. The van der Waals surface area contributed by atoms with Gasteiger partial charge in [-0.25, -0.2) is 0 Å². The number of hydrogen-bond acceptors (Lipinski definition) is 3. The smallest absolute Gasteiger partial charge is 0.248 e. The molecule has 128 valence electrons. The van der Waals surface area contributed by atoms with E-state index >= 15 is 0 Å². The van der Waals surface area contributed by atoms with Gasteiger partial charge in [-0.05, 0) is 50.1 Å². The molecule has 0 atom stereocenters. The molecule has 4 nitrogen and oxygen atoms in total. The summed E-state index contributed by atoms with van der Waals surface area (Å²) in [6.45, 7) is 5.87. The van der Waals surface area contributed by atoms with Crippen molar-refractivity contribution in [2.75, 3.05) is 12.4 Å². The van der Waals surface area contributed by atoms with E-state index in [2.05, 4.69) is 5.32 Å². The van der Waals surface area contributed by atoms with E-state index in [1.807, 2.05) is 63.2 Å². The van der Waals surface area contributed by atoms with Gasteiger partial charge in [-0.3, -0.25) is 4.79 Å². The molecule has 0 saturated heterocycles. The van der Waals surface area contributed by atoms with Crippen LogP contribution in [0.2, 0.25) is 0 Å². The van der Waals surface area contributed by atoms with Gasteiger partial charge >= 0.3 is 0 Å². The van der Waals surface area contributed by atoms with Gasteiger partial charge in [-0.1, -0.05) is 18.2 Å². The third-order valence-corrected chi connectivity index (χ3v) is 4.31. The molecule has 0 saturated carbocycles. The maximum atomic E-state index is 12.3. The summed E-state index contributed by atoms with van der Waals surface area (Å²) in [7, 11) is 1.62. The van der Waals surface area contributed by atoms with Crippen LogP contribution in [0.1, 0.15) is 23.8 Å². The Morgan fingerprint density at radius 3 is 2.56 bits per heavy atom. The standard InChI is InChI=1S/C21H21NO3/c1-13(10-21(23)22-16-8-6-5-7-9-16)17-11-18-14(2)15(3)25-20(18)12-19(17)24-4/h5-12H,1-4H3,(H,22,23)/b13-10+. The van der Waals surface area contributed by atoms with Crippen molar-refractivity contribution in [3.05, 3.63) is 65.4 Å². The van der Waals surface area contributed by atoms with Crippen LogP contribution in [0.25, 0.3) is 16.5 Å². The molecule has 3 aromatic rings. The minimum Gasteiger partial charge on any atom is -0.496 e. The number of rotatable bonds is 4. The molecule has 3 rings (SSSR count). The molecule has 1 amide bonds. The number of allylic oxidation sites excluding steroid dienone is 1. The molecular weight excluding hydrogens is 314 g/mol. The van der Waals surface area contributed by atoms with Crippen LogP contribution < -0.4 is 10.1 Å². The average Bonchev–Trinajstić information content (AvgIpc) is 2.88. The van der Waals surface area contributed by atoms with E-state index in [0.29, 0.717) is 5.75 Å². The Labute approximate surface area is 147 Å². The highest BCUT2D eigenvalue weighted by Crippen LogP contribution is 2.34. The second kappa shape index (κ2) is 6.85. The molecule has 0 aliphatic heterocycles. The third-order valence-electron chi connectivity index (χ3n) is 4.31.